The van der Waals surface area contributed by atoms with Gasteiger partial charge in [0.05, 0.1) is 0 Å². The maximum absolute atomic E-state index is 12.9. The minimum absolute atomic E-state index is 0.0635. The molecular formula is C15H17IN3O6S-. The number of rotatable bonds is 4. The third-order valence-electron chi connectivity index (χ3n) is 3.69. The van der Waals surface area contributed by atoms with Crippen LogP contribution in [0, 0.1) is 4.77 Å². The molecule has 0 N–H and O–H groups in total. The number of fused-ring (bicyclic) bond motifs is 1. The molecule has 0 aromatic carbocycles. The standard InChI is InChI=1S/C15H17IN3O6S/c1-9(2)23-6-5-18-10-3-4-17-7-24-13(21)16-14(22)25-8-19(15(18)26)12(20)11(10)17/h3-4,9H,5-8H2,1-2H3/q-1. The van der Waals surface area contributed by atoms with Crippen molar-refractivity contribution in [2.24, 2.45) is 0 Å². The molecule has 2 bridgehead atoms. The van der Waals surface area contributed by atoms with Crippen molar-refractivity contribution in [1.29, 1.82) is 0 Å². The summed E-state index contributed by atoms with van der Waals surface area (Å²) in [4.78, 5) is 36.3. The summed E-state index contributed by atoms with van der Waals surface area (Å²) in [6, 6.07) is 1.74. The van der Waals surface area contributed by atoms with Gasteiger partial charge in [-0.05, 0) is 0 Å². The first-order valence-electron chi connectivity index (χ1n) is 7.81. The molecule has 0 fully saturated rings. The summed E-state index contributed by atoms with van der Waals surface area (Å²) in [5.41, 5.74) is 0.534. The molecule has 0 radical (unpaired) electrons. The van der Waals surface area contributed by atoms with Crippen LogP contribution in [-0.2, 0) is 34.2 Å². The van der Waals surface area contributed by atoms with E-state index in [4.69, 9.17) is 26.4 Å². The van der Waals surface area contributed by atoms with Crippen LogP contribution in [0.5, 0.6) is 0 Å². The summed E-state index contributed by atoms with van der Waals surface area (Å²) in [6.07, 6.45) is 1.71. The molecule has 2 aromatic heterocycles. The molecule has 0 saturated carbocycles. The second-order valence-corrected chi connectivity index (χ2v) is 8.39. The minimum atomic E-state index is -1.59. The average Bonchev–Trinajstić information content (AvgIpc) is 2.98. The number of ether oxygens (including phenoxy) is 3. The van der Waals surface area contributed by atoms with Crippen LogP contribution >= 0.6 is 12.2 Å². The van der Waals surface area contributed by atoms with Crippen molar-refractivity contribution in [2.75, 3.05) is 6.61 Å². The predicted molar refractivity (Wildman–Crippen MR) is 89.1 cm³/mol. The fourth-order valence-electron chi connectivity index (χ4n) is 2.55. The van der Waals surface area contributed by atoms with Crippen LogP contribution in [0.1, 0.15) is 13.8 Å². The Bertz CT molecular complexity index is 976. The second-order valence-electron chi connectivity index (χ2n) is 5.72. The Morgan fingerprint density at radius 1 is 1.23 bits per heavy atom. The Labute approximate surface area is 163 Å². The maximum atomic E-state index is 12.9. The van der Waals surface area contributed by atoms with Crippen LogP contribution in [-0.4, -0.2) is 34.4 Å². The van der Waals surface area contributed by atoms with Gasteiger partial charge in [-0.1, -0.05) is 0 Å². The van der Waals surface area contributed by atoms with Crippen molar-refractivity contribution in [2.45, 2.75) is 40.0 Å². The van der Waals surface area contributed by atoms with E-state index in [1.807, 2.05) is 13.8 Å². The molecule has 3 rings (SSSR count). The first-order valence-corrected chi connectivity index (χ1v) is 10.4. The summed E-state index contributed by atoms with van der Waals surface area (Å²) >= 11 is 3.85. The molecule has 1 aliphatic heterocycles. The van der Waals surface area contributed by atoms with Crippen LogP contribution in [0.2, 0.25) is 0 Å². The van der Waals surface area contributed by atoms with Gasteiger partial charge in [-0.15, -0.1) is 0 Å². The zero-order chi connectivity index (χ0) is 18.8. The van der Waals surface area contributed by atoms with E-state index in [1.165, 1.54) is 9.13 Å². The molecule has 1 aliphatic rings. The third kappa shape index (κ3) is 3.83. The molecule has 0 saturated heterocycles. The van der Waals surface area contributed by atoms with Gasteiger partial charge in [-0.2, -0.15) is 0 Å². The number of carbonyl (C=O) groups excluding carboxylic acids is 2. The molecule has 0 amide bonds. The van der Waals surface area contributed by atoms with Gasteiger partial charge in [0.1, 0.15) is 0 Å². The molecule has 3 heterocycles. The number of aromatic nitrogens is 3. The molecule has 142 valence electrons. The summed E-state index contributed by atoms with van der Waals surface area (Å²) in [5, 5.41) is 0. The molecule has 0 unspecified atom stereocenters. The Kier molecular flexibility index (Phi) is 5.77. The molecule has 11 heteroatoms. The van der Waals surface area contributed by atoms with Crippen molar-refractivity contribution >= 4 is 31.2 Å². The van der Waals surface area contributed by atoms with Gasteiger partial charge < -0.3 is 0 Å². The normalized spacial score (nSPS) is 15.5. The van der Waals surface area contributed by atoms with E-state index >= 15 is 0 Å². The van der Waals surface area contributed by atoms with E-state index in [0.717, 1.165) is 0 Å². The van der Waals surface area contributed by atoms with Crippen LogP contribution in [0.15, 0.2) is 17.1 Å². The van der Waals surface area contributed by atoms with Crippen LogP contribution in [0.3, 0.4) is 0 Å². The van der Waals surface area contributed by atoms with Gasteiger partial charge in [0.25, 0.3) is 0 Å². The van der Waals surface area contributed by atoms with Crippen molar-refractivity contribution < 1.29 is 45.0 Å². The summed E-state index contributed by atoms with van der Waals surface area (Å²) in [7, 11) is 0. The number of cyclic esters (lactones) is 2. The molecule has 0 aliphatic carbocycles. The Morgan fingerprint density at radius 3 is 2.62 bits per heavy atom. The van der Waals surface area contributed by atoms with Crippen LogP contribution < -0.4 is 26.8 Å². The van der Waals surface area contributed by atoms with E-state index in [9.17, 15) is 14.4 Å². The second kappa shape index (κ2) is 7.88. The monoisotopic (exact) mass is 494 g/mol. The van der Waals surface area contributed by atoms with E-state index in [0.29, 0.717) is 24.2 Å². The van der Waals surface area contributed by atoms with Crippen LogP contribution in [0.4, 0.5) is 9.59 Å². The molecule has 9 nitrogen and oxygen atoms in total. The van der Waals surface area contributed by atoms with Crippen molar-refractivity contribution in [3.05, 3.63) is 27.4 Å². The van der Waals surface area contributed by atoms with Gasteiger partial charge in [0.15, 0.2) is 0 Å². The first kappa shape index (κ1) is 19.0. The molecular weight excluding hydrogens is 477 g/mol. The third-order valence-corrected chi connectivity index (χ3v) is 5.63. The SMILES string of the molecule is CC(C)OCCn1c(=S)n2c(=O)c3c1ccn3COC(=O)[I-]C(=O)OC2. The Balaban J connectivity index is 2.13. The van der Waals surface area contributed by atoms with Gasteiger partial charge >= 0.3 is 164 Å². The zero-order valence-corrected chi connectivity index (χ0v) is 17.1. The molecule has 2 aromatic rings. The predicted octanol–water partition coefficient (Wildman–Crippen LogP) is -0.950. The first-order chi connectivity index (χ1) is 12.4. The molecule has 0 spiro atoms. The average molecular weight is 494 g/mol. The Morgan fingerprint density at radius 2 is 1.92 bits per heavy atom. The van der Waals surface area contributed by atoms with Crippen molar-refractivity contribution in [3.8, 4) is 0 Å². The van der Waals surface area contributed by atoms with Gasteiger partial charge in [-0.25, -0.2) is 0 Å². The van der Waals surface area contributed by atoms with Crippen LogP contribution in [0.25, 0.3) is 11.0 Å². The summed E-state index contributed by atoms with van der Waals surface area (Å²) in [6.45, 7) is 4.21. The molecule has 26 heavy (non-hydrogen) atoms. The molecule has 0 atom stereocenters. The van der Waals surface area contributed by atoms with E-state index < -0.39 is 34.7 Å². The number of halogens is 1. The van der Waals surface area contributed by atoms with Crippen molar-refractivity contribution in [1.82, 2.24) is 13.7 Å². The van der Waals surface area contributed by atoms with E-state index in [-0.39, 0.29) is 24.3 Å². The topological polar surface area (TPSA) is 93.7 Å². The fraction of sp³-hybridized carbons (Fsp3) is 0.467. The fourth-order valence-corrected chi connectivity index (χ4v) is 3.82. The van der Waals surface area contributed by atoms with Crippen molar-refractivity contribution in [3.63, 3.8) is 0 Å². The van der Waals surface area contributed by atoms with Gasteiger partial charge in [-0.3, -0.25) is 0 Å². The quantitative estimate of drug-likeness (QED) is 0.308. The number of hydrogen-bond donors (Lipinski definition) is 0. The van der Waals surface area contributed by atoms with Gasteiger partial charge in [0.2, 0.25) is 0 Å². The van der Waals surface area contributed by atoms with E-state index in [2.05, 4.69) is 0 Å². The number of nitrogens with zero attached hydrogens (tertiary/aromatic N) is 3. The van der Waals surface area contributed by atoms with E-state index in [1.54, 1.807) is 16.8 Å². The number of hydrogen-bond acceptors (Lipinski definition) is 7. The summed E-state index contributed by atoms with van der Waals surface area (Å²) < 4.78 is 19.2. The van der Waals surface area contributed by atoms with Gasteiger partial charge in [0, 0.05) is 0 Å². The summed E-state index contributed by atoms with van der Waals surface area (Å²) in [5.74, 6) is 0. The number of carbonyl (C=O) groups is 2. The zero-order valence-electron chi connectivity index (χ0n) is 14.1. The Hall–Kier alpha value is -1.73.